The fourth-order valence-corrected chi connectivity index (χ4v) is 3.56. The van der Waals surface area contributed by atoms with E-state index in [0.29, 0.717) is 5.56 Å². The Bertz CT molecular complexity index is 1140. The molecule has 0 atom stereocenters. The van der Waals surface area contributed by atoms with Gasteiger partial charge in [-0.1, -0.05) is 42.5 Å². The molecule has 0 bridgehead atoms. The van der Waals surface area contributed by atoms with Gasteiger partial charge in [0.05, 0.1) is 5.56 Å². The quantitative estimate of drug-likeness (QED) is 0.585. The summed E-state index contributed by atoms with van der Waals surface area (Å²) >= 11 is 0. The van der Waals surface area contributed by atoms with Gasteiger partial charge in [-0.15, -0.1) is 0 Å². The van der Waals surface area contributed by atoms with Gasteiger partial charge in [-0.05, 0) is 48.7 Å². The van der Waals surface area contributed by atoms with Crippen LogP contribution in [0.15, 0.2) is 67.0 Å². The molecule has 27 heavy (non-hydrogen) atoms. The van der Waals surface area contributed by atoms with Gasteiger partial charge in [0.15, 0.2) is 0 Å². The molecule has 4 aromatic rings. The predicted octanol–water partition coefficient (Wildman–Crippen LogP) is 4.48. The van der Waals surface area contributed by atoms with Gasteiger partial charge >= 0.3 is 0 Å². The van der Waals surface area contributed by atoms with Gasteiger partial charge in [-0.25, -0.2) is 4.98 Å². The van der Waals surface area contributed by atoms with Crippen LogP contribution in [0.2, 0.25) is 0 Å². The zero-order chi connectivity index (χ0) is 19.0. The van der Waals surface area contributed by atoms with Gasteiger partial charge < -0.3 is 9.88 Å². The zero-order valence-electron chi connectivity index (χ0n) is 15.9. The van der Waals surface area contributed by atoms with Crippen molar-refractivity contribution in [3.8, 4) is 0 Å². The molecule has 2 aromatic carbocycles. The summed E-state index contributed by atoms with van der Waals surface area (Å²) in [5.41, 5.74) is 2.29. The van der Waals surface area contributed by atoms with E-state index in [2.05, 4.69) is 54.5 Å². The molecule has 0 saturated heterocycles. The standard InChI is InChI=1S/C23H23N3O/c1-23(2,14-16-8-9-17-6-4-5-7-18(17)12-16)25-22(27)20-13-19-10-11-26(3)21(19)24-15-20/h4-13,15H,14H2,1-3H3,(H,25,27). The van der Waals surface area contributed by atoms with Gasteiger partial charge in [-0.2, -0.15) is 0 Å². The Labute approximate surface area is 158 Å². The first kappa shape index (κ1) is 17.3. The van der Waals surface area contributed by atoms with Crippen molar-refractivity contribution in [2.24, 2.45) is 7.05 Å². The summed E-state index contributed by atoms with van der Waals surface area (Å²) in [5.74, 6) is -0.0981. The number of carbonyl (C=O) groups excluding carboxylic acids is 1. The number of rotatable bonds is 4. The highest BCUT2D eigenvalue weighted by molar-refractivity contribution is 5.97. The number of nitrogens with one attached hydrogen (secondary N) is 1. The Balaban J connectivity index is 1.52. The topological polar surface area (TPSA) is 46.9 Å². The van der Waals surface area contributed by atoms with Gasteiger partial charge in [0.25, 0.3) is 5.91 Å². The average Bonchev–Trinajstić information content (AvgIpc) is 3.01. The minimum atomic E-state index is -0.370. The molecule has 4 rings (SSSR count). The molecule has 0 radical (unpaired) electrons. The lowest BCUT2D eigenvalue weighted by Crippen LogP contribution is -2.45. The molecule has 1 amide bonds. The summed E-state index contributed by atoms with van der Waals surface area (Å²) in [6.45, 7) is 4.10. The lowest BCUT2D eigenvalue weighted by molar-refractivity contribution is 0.0913. The number of carbonyl (C=O) groups is 1. The molecule has 0 saturated carbocycles. The Morgan fingerprint density at radius 1 is 1.04 bits per heavy atom. The molecule has 0 fully saturated rings. The second-order valence-electron chi connectivity index (χ2n) is 7.76. The summed E-state index contributed by atoms with van der Waals surface area (Å²) in [7, 11) is 1.95. The van der Waals surface area contributed by atoms with Crippen molar-refractivity contribution in [1.29, 1.82) is 0 Å². The summed E-state index contributed by atoms with van der Waals surface area (Å²) < 4.78 is 1.95. The Kier molecular flexibility index (Phi) is 4.19. The van der Waals surface area contributed by atoms with Crippen molar-refractivity contribution < 1.29 is 4.79 Å². The number of benzene rings is 2. The second kappa shape index (κ2) is 6.54. The number of hydrogen-bond acceptors (Lipinski definition) is 2. The summed E-state index contributed by atoms with van der Waals surface area (Å²) in [6.07, 6.45) is 4.34. The van der Waals surface area contributed by atoms with Crippen LogP contribution < -0.4 is 5.32 Å². The number of pyridine rings is 1. The Morgan fingerprint density at radius 3 is 2.63 bits per heavy atom. The van der Waals surface area contributed by atoms with E-state index in [-0.39, 0.29) is 11.4 Å². The van der Waals surface area contributed by atoms with E-state index in [1.165, 1.54) is 16.3 Å². The lowest BCUT2D eigenvalue weighted by Gasteiger charge is -2.26. The number of nitrogens with zero attached hydrogens (tertiary/aromatic N) is 2. The van der Waals surface area contributed by atoms with Crippen LogP contribution in [0, 0.1) is 0 Å². The number of hydrogen-bond donors (Lipinski definition) is 1. The molecule has 4 heteroatoms. The fourth-order valence-electron chi connectivity index (χ4n) is 3.56. The molecule has 2 aromatic heterocycles. The summed E-state index contributed by atoms with van der Waals surface area (Å²) in [5, 5.41) is 6.57. The summed E-state index contributed by atoms with van der Waals surface area (Å²) in [4.78, 5) is 17.2. The second-order valence-corrected chi connectivity index (χ2v) is 7.76. The van der Waals surface area contributed by atoms with Crippen LogP contribution >= 0.6 is 0 Å². The first-order valence-corrected chi connectivity index (χ1v) is 9.13. The van der Waals surface area contributed by atoms with Crippen LogP contribution in [-0.2, 0) is 13.5 Å². The number of aryl methyl sites for hydroxylation is 1. The monoisotopic (exact) mass is 357 g/mol. The highest BCUT2D eigenvalue weighted by Gasteiger charge is 2.22. The van der Waals surface area contributed by atoms with Crippen molar-refractivity contribution in [2.75, 3.05) is 0 Å². The Hall–Kier alpha value is -3.14. The van der Waals surface area contributed by atoms with E-state index in [4.69, 9.17) is 0 Å². The third-order valence-electron chi connectivity index (χ3n) is 4.88. The van der Waals surface area contributed by atoms with Gasteiger partial charge in [0, 0.05) is 30.4 Å². The predicted molar refractivity (Wildman–Crippen MR) is 110 cm³/mol. The largest absolute Gasteiger partial charge is 0.347 e. The van der Waals surface area contributed by atoms with E-state index in [9.17, 15) is 4.79 Å². The highest BCUT2D eigenvalue weighted by Crippen LogP contribution is 2.20. The lowest BCUT2D eigenvalue weighted by atomic mass is 9.93. The molecule has 136 valence electrons. The molecule has 2 heterocycles. The third-order valence-corrected chi connectivity index (χ3v) is 4.88. The third kappa shape index (κ3) is 3.56. The first-order chi connectivity index (χ1) is 12.9. The first-order valence-electron chi connectivity index (χ1n) is 9.13. The molecular weight excluding hydrogens is 334 g/mol. The van der Waals surface area contributed by atoms with Crippen LogP contribution in [0.25, 0.3) is 21.8 Å². The van der Waals surface area contributed by atoms with Crippen molar-refractivity contribution in [3.05, 3.63) is 78.1 Å². The molecule has 0 aliphatic rings. The highest BCUT2D eigenvalue weighted by atomic mass is 16.1. The van der Waals surface area contributed by atoms with Gasteiger partial charge in [-0.3, -0.25) is 4.79 Å². The van der Waals surface area contributed by atoms with E-state index in [0.717, 1.165) is 17.5 Å². The van der Waals surface area contributed by atoms with Crippen molar-refractivity contribution in [3.63, 3.8) is 0 Å². The number of fused-ring (bicyclic) bond motifs is 2. The minimum Gasteiger partial charge on any atom is -0.347 e. The maximum absolute atomic E-state index is 12.8. The van der Waals surface area contributed by atoms with Crippen molar-refractivity contribution >= 4 is 27.7 Å². The van der Waals surface area contributed by atoms with E-state index in [1.54, 1.807) is 6.20 Å². The van der Waals surface area contributed by atoms with E-state index >= 15 is 0 Å². The van der Waals surface area contributed by atoms with Crippen LogP contribution in [-0.4, -0.2) is 21.0 Å². The molecule has 0 aliphatic heterocycles. The van der Waals surface area contributed by atoms with Gasteiger partial charge in [0.1, 0.15) is 5.65 Å². The van der Waals surface area contributed by atoms with Gasteiger partial charge in [0.2, 0.25) is 0 Å². The fraction of sp³-hybridized carbons (Fsp3) is 0.217. The van der Waals surface area contributed by atoms with Crippen molar-refractivity contribution in [1.82, 2.24) is 14.9 Å². The SMILES string of the molecule is Cn1ccc2cc(C(=O)NC(C)(C)Cc3ccc4ccccc4c3)cnc21. The maximum Gasteiger partial charge on any atom is 0.253 e. The normalized spacial score (nSPS) is 11.8. The van der Waals surface area contributed by atoms with Crippen LogP contribution in [0.5, 0.6) is 0 Å². The van der Waals surface area contributed by atoms with Crippen LogP contribution in [0.3, 0.4) is 0 Å². The average molecular weight is 357 g/mol. The van der Waals surface area contributed by atoms with E-state index in [1.807, 2.05) is 42.1 Å². The summed E-state index contributed by atoms with van der Waals surface area (Å²) in [6, 6.07) is 18.6. The molecule has 0 unspecified atom stereocenters. The number of amides is 1. The number of aromatic nitrogens is 2. The smallest absolute Gasteiger partial charge is 0.253 e. The van der Waals surface area contributed by atoms with E-state index < -0.39 is 0 Å². The van der Waals surface area contributed by atoms with Crippen LogP contribution in [0.4, 0.5) is 0 Å². The molecule has 0 aliphatic carbocycles. The molecule has 1 N–H and O–H groups in total. The Morgan fingerprint density at radius 2 is 1.81 bits per heavy atom. The molecule has 0 spiro atoms. The van der Waals surface area contributed by atoms with Crippen LogP contribution in [0.1, 0.15) is 29.8 Å². The minimum absolute atomic E-state index is 0.0981. The molecule has 4 nitrogen and oxygen atoms in total. The van der Waals surface area contributed by atoms with Crippen molar-refractivity contribution in [2.45, 2.75) is 25.8 Å². The zero-order valence-corrected chi connectivity index (χ0v) is 15.9. The molecular formula is C23H23N3O. The maximum atomic E-state index is 12.8.